The van der Waals surface area contributed by atoms with Crippen molar-refractivity contribution in [2.24, 2.45) is 5.73 Å². The van der Waals surface area contributed by atoms with Gasteiger partial charge in [-0.1, -0.05) is 12.1 Å². The molecule has 21 heavy (non-hydrogen) atoms. The maximum Gasteiger partial charge on any atom is 0.289 e. The van der Waals surface area contributed by atoms with E-state index in [-0.39, 0.29) is 18.0 Å². The molecule has 112 valence electrons. The SMILES string of the molecule is CN(C(=O)c1cc2cccc(Br)c2o1)C1CCC(N)CC1. The van der Waals surface area contributed by atoms with E-state index >= 15 is 0 Å². The summed E-state index contributed by atoms with van der Waals surface area (Å²) in [5.41, 5.74) is 6.65. The topological polar surface area (TPSA) is 59.5 Å². The Morgan fingerprint density at radius 2 is 2.05 bits per heavy atom. The van der Waals surface area contributed by atoms with Gasteiger partial charge >= 0.3 is 0 Å². The van der Waals surface area contributed by atoms with Crippen LogP contribution in [0.2, 0.25) is 0 Å². The molecule has 0 spiro atoms. The number of nitrogens with zero attached hydrogens (tertiary/aromatic N) is 1. The van der Waals surface area contributed by atoms with Gasteiger partial charge < -0.3 is 15.1 Å². The molecule has 1 aromatic carbocycles. The van der Waals surface area contributed by atoms with E-state index in [4.69, 9.17) is 10.2 Å². The number of furan rings is 1. The van der Waals surface area contributed by atoms with Crippen LogP contribution in [0.4, 0.5) is 0 Å². The third kappa shape index (κ3) is 2.85. The highest BCUT2D eigenvalue weighted by atomic mass is 79.9. The van der Waals surface area contributed by atoms with Gasteiger partial charge in [0.1, 0.15) is 5.58 Å². The van der Waals surface area contributed by atoms with Crippen LogP contribution in [-0.4, -0.2) is 29.9 Å². The number of halogens is 1. The smallest absolute Gasteiger partial charge is 0.289 e. The molecule has 0 bridgehead atoms. The van der Waals surface area contributed by atoms with Gasteiger partial charge in [-0.15, -0.1) is 0 Å². The first-order chi connectivity index (χ1) is 10.1. The second kappa shape index (κ2) is 5.81. The lowest BCUT2D eigenvalue weighted by atomic mass is 9.91. The summed E-state index contributed by atoms with van der Waals surface area (Å²) in [6.07, 6.45) is 3.89. The summed E-state index contributed by atoms with van der Waals surface area (Å²) < 4.78 is 6.60. The van der Waals surface area contributed by atoms with E-state index < -0.39 is 0 Å². The molecule has 3 rings (SSSR count). The van der Waals surface area contributed by atoms with Crippen molar-refractivity contribution in [3.63, 3.8) is 0 Å². The maximum absolute atomic E-state index is 12.6. The molecule has 1 saturated carbocycles. The molecule has 1 aliphatic carbocycles. The Morgan fingerprint density at radius 1 is 1.33 bits per heavy atom. The Labute approximate surface area is 132 Å². The molecule has 2 N–H and O–H groups in total. The quantitative estimate of drug-likeness (QED) is 0.900. The molecule has 0 aliphatic heterocycles. The number of hydrogen-bond acceptors (Lipinski definition) is 3. The van der Waals surface area contributed by atoms with E-state index in [2.05, 4.69) is 15.9 Å². The van der Waals surface area contributed by atoms with Crippen LogP contribution >= 0.6 is 15.9 Å². The number of rotatable bonds is 2. The zero-order chi connectivity index (χ0) is 15.0. The van der Waals surface area contributed by atoms with Gasteiger partial charge in [0.25, 0.3) is 5.91 Å². The molecule has 0 atom stereocenters. The number of carbonyl (C=O) groups excluding carboxylic acids is 1. The van der Waals surface area contributed by atoms with Crippen LogP contribution in [0.1, 0.15) is 36.2 Å². The molecule has 4 nitrogen and oxygen atoms in total. The van der Waals surface area contributed by atoms with E-state index in [1.165, 1.54) is 0 Å². The van der Waals surface area contributed by atoms with Crippen LogP contribution < -0.4 is 5.73 Å². The number of nitrogens with two attached hydrogens (primary N) is 1. The Hall–Kier alpha value is -1.33. The first kappa shape index (κ1) is 14.6. The molecule has 2 aromatic rings. The second-order valence-electron chi connectivity index (χ2n) is 5.75. The summed E-state index contributed by atoms with van der Waals surface area (Å²) in [6.45, 7) is 0. The Kier molecular flexibility index (Phi) is 4.04. The number of para-hydroxylation sites is 1. The van der Waals surface area contributed by atoms with Crippen molar-refractivity contribution >= 4 is 32.8 Å². The van der Waals surface area contributed by atoms with Crippen molar-refractivity contribution in [1.82, 2.24) is 4.90 Å². The van der Waals surface area contributed by atoms with E-state index in [1.54, 1.807) is 4.90 Å². The fraction of sp³-hybridized carbons (Fsp3) is 0.438. The van der Waals surface area contributed by atoms with Gasteiger partial charge in [-0.25, -0.2) is 0 Å². The Morgan fingerprint density at radius 3 is 2.71 bits per heavy atom. The largest absolute Gasteiger partial charge is 0.450 e. The summed E-state index contributed by atoms with van der Waals surface area (Å²) in [5, 5.41) is 0.937. The standard InChI is InChI=1S/C16H19BrN2O2/c1-19(12-7-5-11(18)6-8-12)16(20)14-9-10-3-2-4-13(17)15(10)21-14/h2-4,9,11-12H,5-8,18H2,1H3. The van der Waals surface area contributed by atoms with Crippen molar-refractivity contribution in [3.05, 3.63) is 34.5 Å². The number of hydrogen-bond donors (Lipinski definition) is 1. The molecule has 1 fully saturated rings. The van der Waals surface area contributed by atoms with Crippen LogP contribution in [0.3, 0.4) is 0 Å². The van der Waals surface area contributed by atoms with Crippen LogP contribution in [0.15, 0.2) is 33.2 Å². The lowest BCUT2D eigenvalue weighted by molar-refractivity contribution is 0.0660. The minimum Gasteiger partial charge on any atom is -0.450 e. The van der Waals surface area contributed by atoms with Crippen LogP contribution in [0.25, 0.3) is 11.0 Å². The molecule has 1 aromatic heterocycles. The number of benzene rings is 1. The number of amides is 1. The van der Waals surface area contributed by atoms with E-state index in [0.29, 0.717) is 5.76 Å². The molecular weight excluding hydrogens is 332 g/mol. The van der Waals surface area contributed by atoms with Gasteiger partial charge in [-0.2, -0.15) is 0 Å². The summed E-state index contributed by atoms with van der Waals surface area (Å²) in [4.78, 5) is 14.4. The maximum atomic E-state index is 12.6. The number of fused-ring (bicyclic) bond motifs is 1. The average molecular weight is 351 g/mol. The number of carbonyl (C=O) groups is 1. The fourth-order valence-electron chi connectivity index (χ4n) is 2.96. The van der Waals surface area contributed by atoms with Crippen LogP contribution in [-0.2, 0) is 0 Å². The first-order valence-electron chi connectivity index (χ1n) is 7.27. The molecular formula is C16H19BrN2O2. The van der Waals surface area contributed by atoms with Gasteiger partial charge in [0, 0.05) is 24.5 Å². The minimum atomic E-state index is -0.0569. The zero-order valence-corrected chi connectivity index (χ0v) is 13.6. The summed E-state index contributed by atoms with van der Waals surface area (Å²) in [5.74, 6) is 0.341. The predicted molar refractivity (Wildman–Crippen MR) is 86.2 cm³/mol. The van der Waals surface area contributed by atoms with Gasteiger partial charge in [-0.05, 0) is 53.7 Å². The van der Waals surface area contributed by atoms with Crippen molar-refractivity contribution in [2.75, 3.05) is 7.05 Å². The normalized spacial score (nSPS) is 22.4. The monoisotopic (exact) mass is 350 g/mol. The minimum absolute atomic E-state index is 0.0569. The fourth-order valence-corrected chi connectivity index (χ4v) is 3.42. The second-order valence-corrected chi connectivity index (χ2v) is 6.61. The molecule has 0 unspecified atom stereocenters. The van der Waals surface area contributed by atoms with Gasteiger partial charge in [-0.3, -0.25) is 4.79 Å². The zero-order valence-electron chi connectivity index (χ0n) is 12.0. The third-order valence-electron chi connectivity index (χ3n) is 4.32. The Bertz CT molecular complexity index is 659. The highest BCUT2D eigenvalue weighted by Crippen LogP contribution is 2.29. The molecule has 5 heteroatoms. The van der Waals surface area contributed by atoms with Crippen molar-refractivity contribution in [3.8, 4) is 0 Å². The highest BCUT2D eigenvalue weighted by molar-refractivity contribution is 9.10. The molecule has 1 amide bonds. The molecule has 1 aliphatic rings. The van der Waals surface area contributed by atoms with Gasteiger partial charge in [0.2, 0.25) is 0 Å². The van der Waals surface area contributed by atoms with Gasteiger partial charge in [0.15, 0.2) is 5.76 Å². The summed E-state index contributed by atoms with van der Waals surface area (Å²) in [6, 6.07) is 8.14. The van der Waals surface area contributed by atoms with E-state index in [9.17, 15) is 4.79 Å². The predicted octanol–water partition coefficient (Wildman–Crippen LogP) is 3.54. The molecule has 0 saturated heterocycles. The van der Waals surface area contributed by atoms with Crippen molar-refractivity contribution in [1.29, 1.82) is 0 Å². The average Bonchev–Trinajstić information content (AvgIpc) is 2.92. The summed E-state index contributed by atoms with van der Waals surface area (Å²) >= 11 is 3.45. The third-order valence-corrected chi connectivity index (χ3v) is 4.94. The van der Waals surface area contributed by atoms with E-state index in [1.807, 2.05) is 31.3 Å². The van der Waals surface area contributed by atoms with Gasteiger partial charge in [0.05, 0.1) is 4.47 Å². The Balaban J connectivity index is 1.81. The van der Waals surface area contributed by atoms with E-state index in [0.717, 1.165) is 41.1 Å². The lowest BCUT2D eigenvalue weighted by Crippen LogP contribution is -2.41. The molecule has 0 radical (unpaired) electrons. The first-order valence-corrected chi connectivity index (χ1v) is 8.06. The van der Waals surface area contributed by atoms with Crippen molar-refractivity contribution in [2.45, 2.75) is 37.8 Å². The van der Waals surface area contributed by atoms with Crippen LogP contribution in [0.5, 0.6) is 0 Å². The van der Waals surface area contributed by atoms with Crippen LogP contribution in [0, 0.1) is 0 Å². The van der Waals surface area contributed by atoms with Crippen molar-refractivity contribution < 1.29 is 9.21 Å². The highest BCUT2D eigenvalue weighted by Gasteiger charge is 2.27. The summed E-state index contributed by atoms with van der Waals surface area (Å²) in [7, 11) is 1.85. The molecule has 1 heterocycles. The lowest BCUT2D eigenvalue weighted by Gasteiger charge is -2.33.